The van der Waals surface area contributed by atoms with Gasteiger partial charge in [-0.1, -0.05) is 13.3 Å². The second-order valence-electron chi connectivity index (χ2n) is 4.63. The van der Waals surface area contributed by atoms with Gasteiger partial charge in [0.25, 0.3) is 10.0 Å². The van der Waals surface area contributed by atoms with Gasteiger partial charge in [-0.25, -0.2) is 8.42 Å². The van der Waals surface area contributed by atoms with Crippen LogP contribution in [-0.4, -0.2) is 30.4 Å². The van der Waals surface area contributed by atoms with Gasteiger partial charge in [0.2, 0.25) is 0 Å². The smallest absolute Gasteiger partial charge is 0.252 e. The maximum Gasteiger partial charge on any atom is 0.252 e. The molecule has 0 bridgehead atoms. The van der Waals surface area contributed by atoms with E-state index < -0.39 is 10.0 Å². The van der Waals surface area contributed by atoms with Crippen molar-refractivity contribution < 1.29 is 13.5 Å². The van der Waals surface area contributed by atoms with E-state index in [9.17, 15) is 8.42 Å². The second-order valence-corrected chi connectivity index (χ2v) is 7.66. The minimum atomic E-state index is -3.36. The highest BCUT2D eigenvalue weighted by Gasteiger charge is 2.38. The molecule has 18 heavy (non-hydrogen) atoms. The predicted octanol–water partition coefficient (Wildman–Crippen LogP) is 2.19. The summed E-state index contributed by atoms with van der Waals surface area (Å²) in [4.78, 5) is 0. The van der Waals surface area contributed by atoms with Crippen molar-refractivity contribution >= 4 is 21.4 Å². The Morgan fingerprint density at radius 2 is 2.22 bits per heavy atom. The average molecular weight is 289 g/mol. The Labute approximate surface area is 112 Å². The van der Waals surface area contributed by atoms with E-state index >= 15 is 0 Å². The van der Waals surface area contributed by atoms with Crippen molar-refractivity contribution in [2.75, 3.05) is 6.54 Å². The Hall–Kier alpha value is -0.430. The Bertz CT molecular complexity index is 491. The lowest BCUT2D eigenvalue weighted by Crippen LogP contribution is -2.33. The maximum atomic E-state index is 12.5. The van der Waals surface area contributed by atoms with Crippen LogP contribution in [-0.2, 0) is 16.6 Å². The Balaban J connectivity index is 2.21. The van der Waals surface area contributed by atoms with Gasteiger partial charge in [-0.05, 0) is 36.3 Å². The first-order valence-electron chi connectivity index (χ1n) is 6.29. The van der Waals surface area contributed by atoms with E-state index in [2.05, 4.69) is 6.92 Å². The highest BCUT2D eigenvalue weighted by Crippen LogP contribution is 2.34. The first kappa shape index (κ1) is 14.0. The summed E-state index contributed by atoms with van der Waals surface area (Å²) in [6.07, 6.45) is 3.83. The molecule has 0 amide bonds. The van der Waals surface area contributed by atoms with Crippen molar-refractivity contribution in [3.8, 4) is 0 Å². The van der Waals surface area contributed by atoms with Crippen LogP contribution in [0.2, 0.25) is 0 Å². The summed E-state index contributed by atoms with van der Waals surface area (Å²) in [6, 6.07) is 1.78. The lowest BCUT2D eigenvalue weighted by molar-refractivity contribution is 0.282. The number of unbranched alkanes of at least 4 members (excludes halogenated alkanes) is 1. The van der Waals surface area contributed by atoms with E-state index in [0.717, 1.165) is 25.7 Å². The minimum absolute atomic E-state index is 0.107. The third kappa shape index (κ3) is 2.93. The Kier molecular flexibility index (Phi) is 4.42. The molecule has 1 fully saturated rings. The molecule has 1 aromatic heterocycles. The molecule has 0 atom stereocenters. The SMILES string of the molecule is CCCCN(C1CC1)S(=O)(=O)c1cc(CO)cs1. The largest absolute Gasteiger partial charge is 0.392 e. The number of thiophene rings is 1. The topological polar surface area (TPSA) is 57.6 Å². The molecular weight excluding hydrogens is 270 g/mol. The average Bonchev–Trinajstić information content (AvgIpc) is 3.05. The molecule has 102 valence electrons. The number of nitrogens with zero attached hydrogens (tertiary/aromatic N) is 1. The van der Waals surface area contributed by atoms with E-state index in [1.54, 1.807) is 15.8 Å². The molecule has 2 rings (SSSR count). The van der Waals surface area contributed by atoms with Crippen LogP contribution in [0.15, 0.2) is 15.7 Å². The van der Waals surface area contributed by atoms with Crippen molar-refractivity contribution in [2.45, 2.75) is 49.5 Å². The van der Waals surface area contributed by atoms with E-state index in [-0.39, 0.29) is 12.6 Å². The van der Waals surface area contributed by atoms with Crippen LogP contribution >= 0.6 is 11.3 Å². The molecule has 0 saturated heterocycles. The molecule has 1 aliphatic rings. The Morgan fingerprint density at radius 3 is 2.72 bits per heavy atom. The molecule has 0 aliphatic heterocycles. The van der Waals surface area contributed by atoms with E-state index in [1.807, 2.05) is 0 Å². The molecule has 1 heterocycles. The number of aliphatic hydroxyl groups is 1. The lowest BCUT2D eigenvalue weighted by atomic mass is 10.3. The van der Waals surface area contributed by atoms with Gasteiger partial charge in [-0.2, -0.15) is 4.31 Å². The molecule has 1 aliphatic carbocycles. The monoisotopic (exact) mass is 289 g/mol. The van der Waals surface area contributed by atoms with Gasteiger partial charge in [-0.15, -0.1) is 11.3 Å². The highest BCUT2D eigenvalue weighted by molar-refractivity contribution is 7.91. The van der Waals surface area contributed by atoms with Gasteiger partial charge < -0.3 is 5.11 Å². The molecule has 1 N–H and O–H groups in total. The fourth-order valence-electron chi connectivity index (χ4n) is 1.86. The van der Waals surface area contributed by atoms with Crippen LogP contribution in [0.4, 0.5) is 0 Å². The van der Waals surface area contributed by atoms with Crippen LogP contribution in [0, 0.1) is 0 Å². The normalized spacial score (nSPS) is 16.4. The fraction of sp³-hybridized carbons (Fsp3) is 0.667. The standard InChI is InChI=1S/C12H19NO3S2/c1-2-3-6-13(11-4-5-11)18(15,16)12-7-10(8-14)9-17-12/h7,9,11,14H,2-6,8H2,1H3. The summed E-state index contributed by atoms with van der Waals surface area (Å²) in [6.45, 7) is 2.56. The molecule has 1 aromatic rings. The van der Waals surface area contributed by atoms with E-state index in [1.165, 1.54) is 11.3 Å². The zero-order chi connectivity index (χ0) is 13.2. The molecule has 6 heteroatoms. The molecule has 0 radical (unpaired) electrons. The fourth-order valence-corrected chi connectivity index (χ4v) is 4.91. The number of aliphatic hydroxyl groups excluding tert-OH is 1. The molecule has 1 saturated carbocycles. The number of sulfonamides is 1. The van der Waals surface area contributed by atoms with Gasteiger partial charge in [0.15, 0.2) is 0 Å². The third-order valence-corrected chi connectivity index (χ3v) is 6.48. The van der Waals surface area contributed by atoms with Crippen LogP contribution < -0.4 is 0 Å². The quantitative estimate of drug-likeness (QED) is 0.837. The second kappa shape index (κ2) is 5.69. The summed E-state index contributed by atoms with van der Waals surface area (Å²) in [5.74, 6) is 0. The summed E-state index contributed by atoms with van der Waals surface area (Å²) in [5, 5.41) is 10.7. The van der Waals surface area contributed by atoms with Crippen LogP contribution in [0.25, 0.3) is 0 Å². The van der Waals surface area contributed by atoms with Gasteiger partial charge >= 0.3 is 0 Å². The van der Waals surface area contributed by atoms with E-state index in [0.29, 0.717) is 16.3 Å². The lowest BCUT2D eigenvalue weighted by Gasteiger charge is -2.20. The maximum absolute atomic E-state index is 12.5. The summed E-state index contributed by atoms with van der Waals surface area (Å²) in [7, 11) is -3.36. The molecule has 0 aromatic carbocycles. The first-order chi connectivity index (χ1) is 8.59. The number of hydrogen-bond donors (Lipinski definition) is 1. The summed E-state index contributed by atoms with van der Waals surface area (Å²) >= 11 is 1.20. The van der Waals surface area contributed by atoms with Crippen molar-refractivity contribution in [1.82, 2.24) is 4.31 Å². The van der Waals surface area contributed by atoms with Gasteiger partial charge in [-0.3, -0.25) is 0 Å². The van der Waals surface area contributed by atoms with E-state index in [4.69, 9.17) is 5.11 Å². The number of rotatable bonds is 7. The zero-order valence-corrected chi connectivity index (χ0v) is 12.1. The molecule has 4 nitrogen and oxygen atoms in total. The first-order valence-corrected chi connectivity index (χ1v) is 8.61. The van der Waals surface area contributed by atoms with Crippen molar-refractivity contribution in [3.63, 3.8) is 0 Å². The van der Waals surface area contributed by atoms with Crippen molar-refractivity contribution in [2.24, 2.45) is 0 Å². The Morgan fingerprint density at radius 1 is 1.50 bits per heavy atom. The predicted molar refractivity (Wildman–Crippen MR) is 72.1 cm³/mol. The molecule has 0 unspecified atom stereocenters. The van der Waals surface area contributed by atoms with Crippen molar-refractivity contribution in [1.29, 1.82) is 0 Å². The van der Waals surface area contributed by atoms with Gasteiger partial charge in [0.05, 0.1) is 6.61 Å². The molecule has 0 spiro atoms. The van der Waals surface area contributed by atoms with Gasteiger partial charge in [0.1, 0.15) is 4.21 Å². The van der Waals surface area contributed by atoms with Crippen molar-refractivity contribution in [3.05, 3.63) is 17.0 Å². The highest BCUT2D eigenvalue weighted by atomic mass is 32.2. The van der Waals surface area contributed by atoms with Crippen LogP contribution in [0.1, 0.15) is 38.2 Å². The van der Waals surface area contributed by atoms with Crippen LogP contribution in [0.3, 0.4) is 0 Å². The number of hydrogen-bond acceptors (Lipinski definition) is 4. The third-order valence-electron chi connectivity index (χ3n) is 3.06. The van der Waals surface area contributed by atoms with Crippen LogP contribution in [0.5, 0.6) is 0 Å². The minimum Gasteiger partial charge on any atom is -0.392 e. The zero-order valence-electron chi connectivity index (χ0n) is 10.5. The summed E-state index contributed by atoms with van der Waals surface area (Å²) < 4.78 is 27.0. The molecular formula is C12H19NO3S2. The van der Waals surface area contributed by atoms with Gasteiger partial charge in [0, 0.05) is 12.6 Å². The summed E-state index contributed by atoms with van der Waals surface area (Å²) in [5.41, 5.74) is 0.671.